The maximum absolute atomic E-state index is 14.1. The van der Waals surface area contributed by atoms with Crippen LogP contribution < -0.4 is 10.6 Å². The molecule has 2 N–H and O–H groups in total. The first-order valence-electron chi connectivity index (χ1n) is 14.0. The van der Waals surface area contributed by atoms with Crippen LogP contribution in [0.4, 0.5) is 20.6 Å². The number of hydrogen-bond donors (Lipinski definition) is 2. The summed E-state index contributed by atoms with van der Waals surface area (Å²) in [6.07, 6.45) is 1.27. The molecule has 0 radical (unpaired) electrons. The summed E-state index contributed by atoms with van der Waals surface area (Å²) in [6.45, 7) is 10.4. The molecule has 3 atom stereocenters. The third kappa shape index (κ3) is 7.32. The number of hydrogen-bond acceptors (Lipinski definition) is 8. The van der Waals surface area contributed by atoms with E-state index < -0.39 is 35.5 Å². The minimum atomic E-state index is -0.836. The fourth-order valence-corrected chi connectivity index (χ4v) is 5.00. The Morgan fingerprint density at radius 3 is 2.36 bits per heavy atom. The van der Waals surface area contributed by atoms with Crippen LogP contribution in [0, 0.1) is 31.5 Å². The van der Waals surface area contributed by atoms with Crippen LogP contribution in [-0.4, -0.2) is 33.7 Å². The van der Waals surface area contributed by atoms with Crippen molar-refractivity contribution in [2.75, 3.05) is 10.6 Å². The van der Waals surface area contributed by atoms with Crippen molar-refractivity contribution >= 4 is 29.3 Å². The van der Waals surface area contributed by atoms with Gasteiger partial charge in [0.15, 0.2) is 0 Å². The second-order valence-electron chi connectivity index (χ2n) is 11.5. The highest BCUT2D eigenvalue weighted by Gasteiger charge is 2.38. The molecule has 0 saturated heterocycles. The lowest BCUT2D eigenvalue weighted by atomic mass is 9.78. The van der Waals surface area contributed by atoms with E-state index in [2.05, 4.69) is 20.8 Å². The van der Waals surface area contributed by atoms with Gasteiger partial charge in [0.1, 0.15) is 34.6 Å². The number of aryl methyl sites for hydroxylation is 2. The molecule has 1 fully saturated rings. The van der Waals surface area contributed by atoms with Gasteiger partial charge in [0.05, 0.1) is 23.2 Å². The first kappa shape index (κ1) is 30.7. The largest absolute Gasteiger partial charge is 0.460 e. The zero-order valence-electron chi connectivity index (χ0n) is 24.7. The number of carbonyl (C=O) groups excluding carboxylic acids is 3. The molecule has 11 heteroatoms. The number of pyridine rings is 1. The Hall–Kier alpha value is -4.28. The lowest BCUT2D eigenvalue weighted by Gasteiger charge is -2.31. The Bertz CT molecular complexity index is 1460. The van der Waals surface area contributed by atoms with Crippen LogP contribution in [0.25, 0.3) is 11.5 Å². The highest BCUT2D eigenvalue weighted by Crippen LogP contribution is 2.35. The normalized spacial score (nSPS) is 17.7. The second-order valence-corrected chi connectivity index (χ2v) is 11.5. The van der Waals surface area contributed by atoms with E-state index in [1.54, 1.807) is 51.1 Å². The van der Waals surface area contributed by atoms with Gasteiger partial charge in [-0.15, -0.1) is 0 Å². The van der Waals surface area contributed by atoms with Crippen LogP contribution in [0.5, 0.6) is 0 Å². The number of benzene rings is 1. The summed E-state index contributed by atoms with van der Waals surface area (Å²) in [5, 5.41) is 9.50. The molecule has 1 saturated carbocycles. The number of nitrogens with one attached hydrogen (secondary N) is 2. The molecule has 2 amide bonds. The first-order valence-corrected chi connectivity index (χ1v) is 14.0. The molecule has 3 aromatic rings. The van der Waals surface area contributed by atoms with Crippen LogP contribution in [0.15, 0.2) is 40.9 Å². The third-order valence-electron chi connectivity index (χ3n) is 7.11. The molecular formula is C31H37FN4O6. The number of amides is 2. The topological polar surface area (TPSA) is 133 Å². The van der Waals surface area contributed by atoms with Crippen LogP contribution in [0.1, 0.15) is 76.4 Å². The van der Waals surface area contributed by atoms with E-state index in [0.29, 0.717) is 35.6 Å². The fourth-order valence-electron chi connectivity index (χ4n) is 5.00. The van der Waals surface area contributed by atoms with Crippen molar-refractivity contribution in [1.82, 2.24) is 10.1 Å². The Balaban J connectivity index is 1.46. The van der Waals surface area contributed by atoms with Gasteiger partial charge < -0.3 is 19.3 Å². The number of ether oxygens (including phenoxy) is 2. The molecule has 4 rings (SSSR count). The Kier molecular flexibility index (Phi) is 9.28. The van der Waals surface area contributed by atoms with Crippen LogP contribution in [0.2, 0.25) is 0 Å². The van der Waals surface area contributed by atoms with Gasteiger partial charge in [0, 0.05) is 5.56 Å². The standard InChI is InChI=1S/C31H37FN4O6/c1-17-24(34-28(37)21-12-7-8-13-22(21)29(38)41-31(4,5)6)15-16-25(33-17)27-26(18(2)36-42-27)35-30(39)40-19(3)20-11-9-10-14-23(20)32/h9-11,14-16,19,21-22H,7-8,12-13H2,1-6H3,(H,34,37)(H,35,39). The molecule has 42 heavy (non-hydrogen) atoms. The highest BCUT2D eigenvalue weighted by atomic mass is 19.1. The lowest BCUT2D eigenvalue weighted by molar-refractivity contribution is -0.164. The van der Waals surface area contributed by atoms with E-state index in [-0.39, 0.29) is 28.9 Å². The zero-order valence-corrected chi connectivity index (χ0v) is 24.7. The van der Waals surface area contributed by atoms with Gasteiger partial charge in [0.25, 0.3) is 0 Å². The van der Waals surface area contributed by atoms with E-state index in [1.807, 2.05) is 20.8 Å². The van der Waals surface area contributed by atoms with Crippen molar-refractivity contribution in [2.45, 2.75) is 78.9 Å². The molecule has 2 aromatic heterocycles. The molecule has 0 aliphatic heterocycles. The number of nitrogens with zero attached hydrogens (tertiary/aromatic N) is 2. The van der Waals surface area contributed by atoms with Gasteiger partial charge in [-0.1, -0.05) is 36.2 Å². The first-order chi connectivity index (χ1) is 19.8. The van der Waals surface area contributed by atoms with Gasteiger partial charge in [-0.2, -0.15) is 0 Å². The van der Waals surface area contributed by atoms with Gasteiger partial charge in [0.2, 0.25) is 11.7 Å². The Labute approximate surface area is 244 Å². The molecule has 2 heterocycles. The molecule has 0 bridgehead atoms. The average molecular weight is 581 g/mol. The van der Waals surface area contributed by atoms with Crippen LogP contribution >= 0.6 is 0 Å². The summed E-state index contributed by atoms with van der Waals surface area (Å²) in [5.74, 6) is -1.89. The number of rotatable bonds is 7. The zero-order chi connectivity index (χ0) is 30.6. The lowest BCUT2D eigenvalue weighted by Crippen LogP contribution is -2.39. The monoisotopic (exact) mass is 580 g/mol. The third-order valence-corrected chi connectivity index (χ3v) is 7.11. The van der Waals surface area contributed by atoms with Crippen LogP contribution in [0.3, 0.4) is 0 Å². The summed E-state index contributed by atoms with van der Waals surface area (Å²) in [5.41, 5.74) is 1.62. The quantitative estimate of drug-likeness (QED) is 0.289. The number of halogens is 1. The van der Waals surface area contributed by atoms with Crippen molar-refractivity contribution in [3.63, 3.8) is 0 Å². The molecule has 3 unspecified atom stereocenters. The van der Waals surface area contributed by atoms with E-state index in [0.717, 1.165) is 12.8 Å². The van der Waals surface area contributed by atoms with Crippen molar-refractivity contribution in [1.29, 1.82) is 0 Å². The SMILES string of the molecule is Cc1nc(-c2onc(C)c2NC(=O)OC(C)c2ccccc2F)ccc1NC(=O)C1CCCCC1C(=O)OC(C)(C)C. The van der Waals surface area contributed by atoms with Gasteiger partial charge in [-0.3, -0.25) is 14.9 Å². The van der Waals surface area contributed by atoms with Gasteiger partial charge in [-0.05, 0) is 72.6 Å². The number of esters is 1. The smallest absolute Gasteiger partial charge is 0.412 e. The average Bonchev–Trinajstić information content (AvgIpc) is 3.28. The minimum absolute atomic E-state index is 0.196. The fraction of sp³-hybridized carbons (Fsp3) is 0.452. The predicted octanol–water partition coefficient (Wildman–Crippen LogP) is 6.89. The molecule has 1 aromatic carbocycles. The second kappa shape index (κ2) is 12.7. The van der Waals surface area contributed by atoms with Gasteiger partial charge in [-0.25, -0.2) is 14.2 Å². The molecule has 1 aliphatic carbocycles. The summed E-state index contributed by atoms with van der Waals surface area (Å²) in [6, 6.07) is 9.37. The van der Waals surface area contributed by atoms with E-state index >= 15 is 0 Å². The van der Waals surface area contributed by atoms with Crippen molar-refractivity contribution in [2.24, 2.45) is 11.8 Å². The number of carbonyl (C=O) groups is 3. The van der Waals surface area contributed by atoms with E-state index in [4.69, 9.17) is 14.0 Å². The van der Waals surface area contributed by atoms with Crippen molar-refractivity contribution in [3.05, 3.63) is 59.2 Å². The van der Waals surface area contributed by atoms with Crippen LogP contribution in [-0.2, 0) is 19.1 Å². The number of aromatic nitrogens is 2. The van der Waals surface area contributed by atoms with E-state index in [1.165, 1.54) is 6.07 Å². The van der Waals surface area contributed by atoms with Crippen molar-refractivity contribution in [3.8, 4) is 11.5 Å². The summed E-state index contributed by atoms with van der Waals surface area (Å²) < 4.78 is 30.5. The molecular weight excluding hydrogens is 543 g/mol. The summed E-state index contributed by atoms with van der Waals surface area (Å²) >= 11 is 0. The van der Waals surface area contributed by atoms with E-state index in [9.17, 15) is 18.8 Å². The molecule has 10 nitrogen and oxygen atoms in total. The highest BCUT2D eigenvalue weighted by molar-refractivity contribution is 5.96. The Morgan fingerprint density at radius 2 is 1.69 bits per heavy atom. The maximum atomic E-state index is 14.1. The maximum Gasteiger partial charge on any atom is 0.412 e. The predicted molar refractivity (Wildman–Crippen MR) is 154 cm³/mol. The summed E-state index contributed by atoms with van der Waals surface area (Å²) in [4.78, 5) is 43.3. The summed E-state index contributed by atoms with van der Waals surface area (Å²) in [7, 11) is 0. The van der Waals surface area contributed by atoms with Gasteiger partial charge >= 0.3 is 12.1 Å². The Morgan fingerprint density at radius 1 is 1.00 bits per heavy atom. The van der Waals surface area contributed by atoms with Crippen molar-refractivity contribution < 1.29 is 32.8 Å². The molecule has 1 aliphatic rings. The number of anilines is 2. The molecule has 0 spiro atoms. The molecule has 224 valence electrons. The minimum Gasteiger partial charge on any atom is -0.460 e.